The molecule has 1 aromatic carbocycles. The number of halogens is 1. The van der Waals surface area contributed by atoms with Crippen LogP contribution in [-0.2, 0) is 4.79 Å². The molecule has 0 spiro atoms. The lowest BCUT2D eigenvalue weighted by Gasteiger charge is -2.18. The summed E-state index contributed by atoms with van der Waals surface area (Å²) in [7, 11) is 0. The van der Waals surface area contributed by atoms with Gasteiger partial charge in [0.2, 0.25) is 11.8 Å². The highest BCUT2D eigenvalue weighted by atomic mass is 32.2. The molecule has 2 heterocycles. The molecule has 5 nitrogen and oxygen atoms in total. The minimum atomic E-state index is -0.312. The van der Waals surface area contributed by atoms with Crippen LogP contribution in [0.4, 0.5) is 4.39 Å². The number of amides is 1. The Hall–Kier alpha value is -2.19. The summed E-state index contributed by atoms with van der Waals surface area (Å²) in [6.45, 7) is 0. The van der Waals surface area contributed by atoms with E-state index in [1.54, 1.807) is 23.5 Å². The van der Waals surface area contributed by atoms with Crippen molar-refractivity contribution in [2.24, 2.45) is 0 Å². The van der Waals surface area contributed by atoms with E-state index in [1.807, 2.05) is 17.5 Å². The minimum absolute atomic E-state index is 0.149. The fraction of sp³-hybridized carbons (Fsp3) is 0.278. The molecule has 0 aliphatic heterocycles. The number of aromatic nitrogens is 2. The lowest BCUT2D eigenvalue weighted by molar-refractivity contribution is -0.119. The van der Waals surface area contributed by atoms with E-state index in [1.165, 1.54) is 23.9 Å². The number of carbonyl (C=O) groups is 1. The summed E-state index contributed by atoms with van der Waals surface area (Å²) in [4.78, 5) is 13.4. The zero-order chi connectivity index (χ0) is 17.9. The van der Waals surface area contributed by atoms with E-state index >= 15 is 0 Å². The van der Waals surface area contributed by atoms with Crippen molar-refractivity contribution < 1.29 is 13.6 Å². The topological polar surface area (TPSA) is 68.0 Å². The van der Waals surface area contributed by atoms with Crippen LogP contribution in [0.15, 0.2) is 51.4 Å². The number of hydrogen-bond donors (Lipinski definition) is 1. The first-order valence-electron chi connectivity index (χ1n) is 8.23. The summed E-state index contributed by atoms with van der Waals surface area (Å²) in [5, 5.41) is 13.4. The van der Waals surface area contributed by atoms with Gasteiger partial charge in [-0.05, 0) is 42.0 Å². The number of nitrogens with one attached hydrogen (secondary N) is 1. The molecule has 0 radical (unpaired) electrons. The molecule has 1 N–H and O–H groups in total. The highest BCUT2D eigenvalue weighted by Crippen LogP contribution is 2.39. The van der Waals surface area contributed by atoms with Crippen molar-refractivity contribution in [3.8, 4) is 0 Å². The number of thiophene rings is 1. The normalized spacial score (nSPS) is 15.0. The molecule has 1 amide bonds. The summed E-state index contributed by atoms with van der Waals surface area (Å²) in [6, 6.07) is 9.73. The maximum atomic E-state index is 13.2. The van der Waals surface area contributed by atoms with Gasteiger partial charge >= 0.3 is 0 Å². The molecule has 0 bridgehead atoms. The van der Waals surface area contributed by atoms with Crippen molar-refractivity contribution in [2.45, 2.75) is 30.0 Å². The second-order valence-corrected chi connectivity index (χ2v) is 7.94. The lowest BCUT2D eigenvalue weighted by Crippen LogP contribution is -2.30. The maximum absolute atomic E-state index is 13.2. The first-order valence-corrected chi connectivity index (χ1v) is 10.1. The average molecular weight is 389 g/mol. The fourth-order valence-corrected chi connectivity index (χ4v) is 3.92. The van der Waals surface area contributed by atoms with Crippen LogP contribution in [0.1, 0.15) is 41.1 Å². The Bertz CT molecular complexity index is 876. The fourth-order valence-electron chi connectivity index (χ4n) is 2.53. The van der Waals surface area contributed by atoms with Gasteiger partial charge in [0.25, 0.3) is 5.22 Å². The van der Waals surface area contributed by atoms with Crippen molar-refractivity contribution in [1.82, 2.24) is 15.5 Å². The van der Waals surface area contributed by atoms with Crippen molar-refractivity contribution in [2.75, 3.05) is 5.75 Å². The first-order chi connectivity index (χ1) is 12.7. The van der Waals surface area contributed by atoms with Gasteiger partial charge in [-0.1, -0.05) is 30.0 Å². The zero-order valence-corrected chi connectivity index (χ0v) is 15.4. The summed E-state index contributed by atoms with van der Waals surface area (Å²) in [5.41, 5.74) is 0.834. The van der Waals surface area contributed by atoms with Crippen LogP contribution in [0.5, 0.6) is 0 Å². The standard InChI is InChI=1S/C18H16FN3O2S2/c19-13-7-5-11(6-8-13)16(14-2-1-9-25-14)20-15(23)10-26-18-22-21-17(24-18)12-3-4-12/h1-2,5-9,12,16H,3-4,10H2,(H,20,23). The van der Waals surface area contributed by atoms with Gasteiger partial charge < -0.3 is 9.73 Å². The Balaban J connectivity index is 1.41. The SMILES string of the molecule is O=C(CSc1nnc(C2CC2)o1)NC(c1ccc(F)cc1)c1cccs1. The molecule has 134 valence electrons. The second kappa shape index (κ2) is 7.59. The third-order valence-corrected chi connectivity index (χ3v) is 5.77. The van der Waals surface area contributed by atoms with Crippen molar-refractivity contribution >= 4 is 29.0 Å². The summed E-state index contributed by atoms with van der Waals surface area (Å²) < 4.78 is 18.8. The van der Waals surface area contributed by atoms with E-state index in [0.29, 0.717) is 17.0 Å². The number of benzene rings is 1. The van der Waals surface area contributed by atoms with E-state index in [2.05, 4.69) is 15.5 Å². The van der Waals surface area contributed by atoms with Crippen LogP contribution >= 0.6 is 23.1 Å². The van der Waals surface area contributed by atoms with E-state index in [0.717, 1.165) is 23.3 Å². The van der Waals surface area contributed by atoms with E-state index in [-0.39, 0.29) is 23.5 Å². The quantitative estimate of drug-likeness (QED) is 0.615. The Labute approximate surface area is 158 Å². The van der Waals surface area contributed by atoms with Gasteiger partial charge in [-0.2, -0.15) is 0 Å². The molecular formula is C18H16FN3O2S2. The summed E-state index contributed by atoms with van der Waals surface area (Å²) in [5.74, 6) is 0.783. The van der Waals surface area contributed by atoms with Crippen molar-refractivity contribution in [3.05, 3.63) is 63.9 Å². The highest BCUT2D eigenvalue weighted by molar-refractivity contribution is 7.99. The monoisotopic (exact) mass is 389 g/mol. The molecule has 8 heteroatoms. The zero-order valence-electron chi connectivity index (χ0n) is 13.7. The van der Waals surface area contributed by atoms with Gasteiger partial charge in [0.15, 0.2) is 0 Å². The number of rotatable bonds is 7. The highest BCUT2D eigenvalue weighted by Gasteiger charge is 2.29. The number of carbonyl (C=O) groups excluding carboxylic acids is 1. The molecule has 1 saturated carbocycles. The predicted molar refractivity (Wildman–Crippen MR) is 97.7 cm³/mol. The van der Waals surface area contributed by atoms with Gasteiger partial charge in [-0.25, -0.2) is 4.39 Å². The average Bonchev–Trinajstić information content (AvgIpc) is 3.16. The largest absolute Gasteiger partial charge is 0.416 e. The third kappa shape index (κ3) is 4.13. The third-order valence-electron chi connectivity index (χ3n) is 4.01. The molecular weight excluding hydrogens is 373 g/mol. The van der Waals surface area contributed by atoms with Gasteiger partial charge in [-0.15, -0.1) is 21.5 Å². The molecule has 0 saturated heterocycles. The van der Waals surface area contributed by atoms with Crippen LogP contribution in [0, 0.1) is 5.82 Å². The van der Waals surface area contributed by atoms with Crippen LogP contribution in [0.3, 0.4) is 0 Å². The lowest BCUT2D eigenvalue weighted by atomic mass is 10.1. The molecule has 4 rings (SSSR count). The maximum Gasteiger partial charge on any atom is 0.277 e. The smallest absolute Gasteiger partial charge is 0.277 e. The Morgan fingerprint density at radius 3 is 2.81 bits per heavy atom. The van der Waals surface area contributed by atoms with Crippen LogP contribution in [-0.4, -0.2) is 21.9 Å². The first kappa shape index (κ1) is 17.2. The van der Waals surface area contributed by atoms with Crippen molar-refractivity contribution in [1.29, 1.82) is 0 Å². The molecule has 1 aliphatic carbocycles. The van der Waals surface area contributed by atoms with Crippen molar-refractivity contribution in [3.63, 3.8) is 0 Å². The minimum Gasteiger partial charge on any atom is -0.416 e. The van der Waals surface area contributed by atoms with E-state index in [9.17, 15) is 9.18 Å². The molecule has 1 fully saturated rings. The molecule has 2 aromatic heterocycles. The predicted octanol–water partition coefficient (Wildman–Crippen LogP) is 4.15. The Morgan fingerprint density at radius 1 is 1.31 bits per heavy atom. The summed E-state index contributed by atoms with van der Waals surface area (Å²) >= 11 is 2.77. The van der Waals surface area contributed by atoms with Gasteiger partial charge in [0, 0.05) is 10.8 Å². The van der Waals surface area contributed by atoms with Gasteiger partial charge in [0.1, 0.15) is 5.82 Å². The van der Waals surface area contributed by atoms with Crippen LogP contribution in [0.2, 0.25) is 0 Å². The molecule has 1 unspecified atom stereocenters. The molecule has 26 heavy (non-hydrogen) atoms. The van der Waals surface area contributed by atoms with Gasteiger partial charge in [-0.3, -0.25) is 4.79 Å². The Morgan fingerprint density at radius 2 is 2.12 bits per heavy atom. The van der Waals surface area contributed by atoms with Gasteiger partial charge in [0.05, 0.1) is 11.8 Å². The number of nitrogens with zero attached hydrogens (tertiary/aromatic N) is 2. The molecule has 1 atom stereocenters. The number of thioether (sulfide) groups is 1. The molecule has 3 aromatic rings. The second-order valence-electron chi connectivity index (χ2n) is 6.04. The number of hydrogen-bond acceptors (Lipinski definition) is 6. The van der Waals surface area contributed by atoms with E-state index < -0.39 is 0 Å². The van der Waals surface area contributed by atoms with Crippen LogP contribution < -0.4 is 5.32 Å². The molecule has 1 aliphatic rings. The Kier molecular flexibility index (Phi) is 5.03. The van der Waals surface area contributed by atoms with E-state index in [4.69, 9.17) is 4.42 Å². The van der Waals surface area contributed by atoms with Crippen LogP contribution in [0.25, 0.3) is 0 Å². The summed E-state index contributed by atoms with van der Waals surface area (Å²) in [6.07, 6.45) is 2.18.